The molecule has 0 atom stereocenters. The van der Waals surface area contributed by atoms with Crippen molar-refractivity contribution in [3.8, 4) is 0 Å². The third-order valence-electron chi connectivity index (χ3n) is 2.48. The van der Waals surface area contributed by atoms with Crippen molar-refractivity contribution in [3.05, 3.63) is 24.2 Å². The van der Waals surface area contributed by atoms with Gasteiger partial charge in [-0.2, -0.15) is 0 Å². The zero-order valence-electron chi connectivity index (χ0n) is 16.8. The van der Waals surface area contributed by atoms with Crippen LogP contribution in [0.25, 0.3) is 0 Å². The second kappa shape index (κ2) is 18.8. The predicted octanol–water partition coefficient (Wildman–Crippen LogP) is -2.23. The average Bonchev–Trinajstić information content (AvgIpc) is 3.24. The summed E-state index contributed by atoms with van der Waals surface area (Å²) < 4.78 is 4.76. The summed E-state index contributed by atoms with van der Waals surface area (Å²) in [6.07, 6.45) is 0.557. The zero-order valence-corrected chi connectivity index (χ0v) is 16.8. The van der Waals surface area contributed by atoms with Crippen molar-refractivity contribution >= 4 is 53.2 Å². The molecule has 1 heterocycles. The molecule has 0 unspecified atom stereocenters. The monoisotopic (exact) mass is 494 g/mol. The van der Waals surface area contributed by atoms with E-state index in [0.29, 0.717) is 5.76 Å². The van der Waals surface area contributed by atoms with E-state index in [9.17, 15) is 43.2 Å². The van der Waals surface area contributed by atoms with E-state index < -0.39 is 72.6 Å². The number of aliphatic carboxylic acids is 6. The molecular weight excluding hydrogens is 476 g/mol. The largest absolute Gasteiger partial charge is 0.481 e. The number of ketones is 3. The normalized spacial score (nSPS) is 8.62. The number of carbonyl (C=O) groups is 9. The Morgan fingerprint density at radius 1 is 0.647 bits per heavy atom. The SMILES string of the molecule is O=C(O)C(=O)C(=O)O.O=C(O)C(=O)CO.O=C(O)CCC(=O)C(=O)O.O=C(O)Cc1ccco1. The smallest absolute Gasteiger partial charge is 0.384 e. The molecule has 0 aliphatic carbocycles. The number of hydrogen-bond acceptors (Lipinski definition) is 11. The van der Waals surface area contributed by atoms with Crippen LogP contribution in [0.4, 0.5) is 0 Å². The third kappa shape index (κ3) is 21.8. The van der Waals surface area contributed by atoms with Gasteiger partial charge in [-0.25, -0.2) is 19.2 Å². The second-order valence-corrected chi connectivity index (χ2v) is 5.10. The maximum atomic E-state index is 10.2. The highest BCUT2D eigenvalue weighted by atomic mass is 16.4. The number of furan rings is 1. The summed E-state index contributed by atoms with van der Waals surface area (Å²) >= 11 is 0. The van der Waals surface area contributed by atoms with Gasteiger partial charge in [0.1, 0.15) is 18.8 Å². The van der Waals surface area contributed by atoms with Crippen LogP contribution in [0.1, 0.15) is 18.6 Å². The molecule has 7 N–H and O–H groups in total. The van der Waals surface area contributed by atoms with Crippen molar-refractivity contribution in [1.82, 2.24) is 0 Å². The molecule has 0 aliphatic rings. The summed E-state index contributed by atoms with van der Waals surface area (Å²) in [4.78, 5) is 87.3. The Hall–Kier alpha value is -4.93. The lowest BCUT2D eigenvalue weighted by molar-refractivity contribution is -0.159. The van der Waals surface area contributed by atoms with Gasteiger partial charge in [-0.05, 0) is 12.1 Å². The molecule has 1 aromatic heterocycles. The molecular formula is C17H18O17. The molecule has 0 saturated heterocycles. The van der Waals surface area contributed by atoms with Crippen LogP contribution in [-0.4, -0.2) is 95.5 Å². The van der Waals surface area contributed by atoms with E-state index in [4.69, 9.17) is 40.2 Å². The minimum Gasteiger partial charge on any atom is -0.481 e. The van der Waals surface area contributed by atoms with Crippen LogP contribution in [0.3, 0.4) is 0 Å². The lowest BCUT2D eigenvalue weighted by Crippen LogP contribution is -2.22. The summed E-state index contributed by atoms with van der Waals surface area (Å²) in [7, 11) is 0. The van der Waals surface area contributed by atoms with Crippen LogP contribution < -0.4 is 0 Å². The Kier molecular flexibility index (Phi) is 18.6. The highest BCUT2D eigenvalue weighted by Gasteiger charge is 2.19. The Bertz CT molecular complexity index is 877. The molecule has 0 spiro atoms. The van der Waals surface area contributed by atoms with Crippen LogP contribution in [0.5, 0.6) is 0 Å². The molecule has 0 fully saturated rings. The quantitative estimate of drug-likeness (QED) is 0.134. The van der Waals surface area contributed by atoms with E-state index in [2.05, 4.69) is 0 Å². The van der Waals surface area contributed by atoms with E-state index in [1.54, 1.807) is 12.1 Å². The van der Waals surface area contributed by atoms with Crippen molar-refractivity contribution < 1.29 is 83.3 Å². The van der Waals surface area contributed by atoms with Crippen molar-refractivity contribution in [2.24, 2.45) is 0 Å². The van der Waals surface area contributed by atoms with Crippen molar-refractivity contribution in [2.75, 3.05) is 6.61 Å². The van der Waals surface area contributed by atoms with Gasteiger partial charge in [-0.1, -0.05) is 0 Å². The Labute approximate surface area is 187 Å². The number of aliphatic hydroxyl groups is 1. The molecule has 17 nitrogen and oxygen atoms in total. The van der Waals surface area contributed by atoms with Crippen LogP contribution in [0.15, 0.2) is 22.8 Å². The minimum atomic E-state index is -1.95. The number of rotatable bonds is 10. The summed E-state index contributed by atoms with van der Waals surface area (Å²) in [5.74, 6) is -12.7. The number of aliphatic hydroxyl groups excluding tert-OH is 1. The van der Waals surface area contributed by atoms with Gasteiger partial charge in [0, 0.05) is 6.42 Å². The molecule has 0 amide bonds. The van der Waals surface area contributed by atoms with Crippen molar-refractivity contribution in [2.45, 2.75) is 19.3 Å². The van der Waals surface area contributed by atoms with Gasteiger partial charge in [0.2, 0.25) is 5.78 Å². The van der Waals surface area contributed by atoms with Crippen LogP contribution in [-0.2, 0) is 49.6 Å². The van der Waals surface area contributed by atoms with Gasteiger partial charge in [-0.15, -0.1) is 0 Å². The third-order valence-corrected chi connectivity index (χ3v) is 2.48. The topological polar surface area (TPSA) is 308 Å². The molecule has 0 radical (unpaired) electrons. The Morgan fingerprint density at radius 2 is 1.12 bits per heavy atom. The maximum Gasteiger partial charge on any atom is 0.384 e. The first kappa shape index (κ1) is 33.7. The zero-order chi connectivity index (χ0) is 27.4. The summed E-state index contributed by atoms with van der Waals surface area (Å²) in [6.45, 7) is -0.921. The molecule has 34 heavy (non-hydrogen) atoms. The number of carboxylic acids is 6. The molecule has 188 valence electrons. The molecule has 1 aromatic rings. The highest BCUT2D eigenvalue weighted by Crippen LogP contribution is 1.99. The van der Waals surface area contributed by atoms with Crippen LogP contribution in [0.2, 0.25) is 0 Å². The van der Waals surface area contributed by atoms with Crippen molar-refractivity contribution in [1.29, 1.82) is 0 Å². The predicted molar refractivity (Wildman–Crippen MR) is 99.6 cm³/mol. The number of carboxylic acid groups (broad SMARTS) is 6. The van der Waals surface area contributed by atoms with Crippen molar-refractivity contribution in [3.63, 3.8) is 0 Å². The van der Waals surface area contributed by atoms with Crippen LogP contribution in [0, 0.1) is 0 Å². The van der Waals surface area contributed by atoms with Gasteiger partial charge >= 0.3 is 41.6 Å². The number of hydrogen-bond donors (Lipinski definition) is 7. The van der Waals surface area contributed by atoms with E-state index in [1.165, 1.54) is 6.26 Å². The lowest BCUT2D eigenvalue weighted by atomic mass is 10.2. The fourth-order valence-corrected chi connectivity index (χ4v) is 1.05. The summed E-state index contributed by atoms with van der Waals surface area (Å²) in [5.41, 5.74) is 0. The minimum absolute atomic E-state index is 0.0347. The standard InChI is InChI=1S/C6H6O3.C5H6O5.C3H2O5.C3H4O4/c7-6(8)4-5-2-1-3-9-5;6-3(5(9)10)1-2-4(7)8;4-1(2(5)6)3(7)8;4-1-2(5)3(6)7/h1-3H,4H2,(H,7,8);1-2H2,(H,7,8)(H,9,10);(H,5,6)(H,7,8);4H,1H2,(H,6,7). The highest BCUT2D eigenvalue weighted by molar-refractivity contribution is 6.59. The first-order valence-electron chi connectivity index (χ1n) is 8.16. The summed E-state index contributed by atoms with van der Waals surface area (Å²) in [6, 6.07) is 3.30. The van der Waals surface area contributed by atoms with Gasteiger partial charge in [0.05, 0.1) is 12.7 Å². The summed E-state index contributed by atoms with van der Waals surface area (Å²) in [5, 5.41) is 54.9. The lowest BCUT2D eigenvalue weighted by Gasteiger charge is -1.88. The molecule has 0 aromatic carbocycles. The molecule has 0 aliphatic heterocycles. The Balaban J connectivity index is -0.000000380. The van der Waals surface area contributed by atoms with Crippen LogP contribution >= 0.6 is 0 Å². The van der Waals surface area contributed by atoms with Gasteiger partial charge in [0.25, 0.3) is 5.78 Å². The Morgan fingerprint density at radius 3 is 1.32 bits per heavy atom. The molecule has 1 rings (SSSR count). The van der Waals surface area contributed by atoms with E-state index in [-0.39, 0.29) is 6.42 Å². The fraction of sp³-hybridized carbons (Fsp3) is 0.235. The van der Waals surface area contributed by atoms with E-state index in [0.717, 1.165) is 0 Å². The molecule has 0 bridgehead atoms. The average molecular weight is 494 g/mol. The van der Waals surface area contributed by atoms with E-state index >= 15 is 0 Å². The second-order valence-electron chi connectivity index (χ2n) is 5.10. The number of carbonyl (C=O) groups excluding carboxylic acids is 3. The fourth-order valence-electron chi connectivity index (χ4n) is 1.05. The maximum absolute atomic E-state index is 10.2. The van der Waals surface area contributed by atoms with E-state index in [1.807, 2.05) is 0 Å². The first-order valence-corrected chi connectivity index (χ1v) is 8.16. The van der Waals surface area contributed by atoms with Gasteiger partial charge in [0.15, 0.2) is 0 Å². The van der Waals surface area contributed by atoms with Gasteiger partial charge < -0.3 is 40.2 Å². The first-order chi connectivity index (χ1) is 15.6. The number of Topliss-reactive ketones (excluding diaryl/α,β-unsaturated/α-hetero) is 3. The molecule has 0 saturated carbocycles. The molecule has 17 heteroatoms. The van der Waals surface area contributed by atoms with Gasteiger partial charge in [-0.3, -0.25) is 24.0 Å².